The fraction of sp³-hybridized carbons (Fsp3) is 0.259. The number of aromatic hydroxyl groups is 1. The van der Waals surface area contributed by atoms with Crippen LogP contribution in [0.25, 0.3) is 11.1 Å². The second kappa shape index (κ2) is 9.64. The molecule has 3 aromatic carbocycles. The number of hydrogen-bond acceptors (Lipinski definition) is 3. The molecule has 1 aliphatic rings. The van der Waals surface area contributed by atoms with Crippen LogP contribution < -0.4 is 10.1 Å². The SMILES string of the molecule is CCC(=C(c1ccc(O)cc1)c1ccc(OCC2CCCN2)cc1)c1ccccc1. The van der Waals surface area contributed by atoms with Crippen LogP contribution in [0.4, 0.5) is 0 Å². The summed E-state index contributed by atoms with van der Waals surface area (Å²) in [5, 5.41) is 13.2. The van der Waals surface area contributed by atoms with Crippen LogP contribution in [0, 0.1) is 0 Å². The molecule has 1 fully saturated rings. The molecule has 3 heteroatoms. The summed E-state index contributed by atoms with van der Waals surface area (Å²) in [5.41, 5.74) is 5.93. The van der Waals surface area contributed by atoms with E-state index in [1.54, 1.807) is 12.1 Å². The number of rotatable bonds is 7. The molecule has 0 spiro atoms. The van der Waals surface area contributed by atoms with Gasteiger partial charge in [0.15, 0.2) is 0 Å². The van der Waals surface area contributed by atoms with Gasteiger partial charge in [0.1, 0.15) is 18.1 Å². The van der Waals surface area contributed by atoms with Gasteiger partial charge in [0.05, 0.1) is 0 Å². The Hall–Kier alpha value is -3.04. The molecular weight excluding hydrogens is 370 g/mol. The number of nitrogens with one attached hydrogen (secondary N) is 1. The summed E-state index contributed by atoms with van der Waals surface area (Å²) in [5.74, 6) is 1.18. The minimum atomic E-state index is 0.278. The van der Waals surface area contributed by atoms with Crippen LogP contribution in [-0.4, -0.2) is 24.3 Å². The molecule has 0 amide bonds. The average molecular weight is 400 g/mol. The number of allylic oxidation sites excluding steroid dienone is 1. The summed E-state index contributed by atoms with van der Waals surface area (Å²) in [6.07, 6.45) is 3.32. The van der Waals surface area contributed by atoms with E-state index in [0.717, 1.165) is 29.8 Å². The zero-order valence-corrected chi connectivity index (χ0v) is 17.5. The van der Waals surface area contributed by atoms with Crippen LogP contribution in [-0.2, 0) is 0 Å². The van der Waals surface area contributed by atoms with Gasteiger partial charge in [-0.3, -0.25) is 0 Å². The average Bonchev–Trinajstić information content (AvgIpc) is 3.32. The van der Waals surface area contributed by atoms with Gasteiger partial charge in [-0.15, -0.1) is 0 Å². The minimum absolute atomic E-state index is 0.278. The third-order valence-electron chi connectivity index (χ3n) is 5.69. The van der Waals surface area contributed by atoms with Gasteiger partial charge in [-0.2, -0.15) is 0 Å². The van der Waals surface area contributed by atoms with E-state index in [0.29, 0.717) is 12.6 Å². The highest BCUT2D eigenvalue weighted by Gasteiger charge is 2.15. The van der Waals surface area contributed by atoms with E-state index in [2.05, 4.69) is 60.8 Å². The molecule has 3 aromatic rings. The zero-order chi connectivity index (χ0) is 20.8. The molecule has 1 aliphatic heterocycles. The molecule has 1 saturated heterocycles. The van der Waals surface area contributed by atoms with Crippen molar-refractivity contribution >= 4 is 11.1 Å². The molecule has 0 aliphatic carbocycles. The van der Waals surface area contributed by atoms with E-state index < -0.39 is 0 Å². The summed E-state index contributed by atoms with van der Waals surface area (Å²) in [6, 6.07) is 26.8. The summed E-state index contributed by atoms with van der Waals surface area (Å²) in [7, 11) is 0. The molecular formula is C27H29NO2. The topological polar surface area (TPSA) is 41.5 Å². The number of phenols is 1. The predicted octanol–water partition coefficient (Wildman–Crippen LogP) is 5.89. The summed E-state index contributed by atoms with van der Waals surface area (Å²) >= 11 is 0. The quantitative estimate of drug-likeness (QED) is 0.487. The first kappa shape index (κ1) is 20.2. The fourth-order valence-electron chi connectivity index (χ4n) is 4.12. The third kappa shape index (κ3) is 4.74. The highest BCUT2D eigenvalue weighted by Crippen LogP contribution is 2.35. The predicted molar refractivity (Wildman–Crippen MR) is 124 cm³/mol. The Kier molecular flexibility index (Phi) is 6.50. The lowest BCUT2D eigenvalue weighted by molar-refractivity contribution is 0.277. The van der Waals surface area contributed by atoms with E-state index in [-0.39, 0.29) is 5.75 Å². The largest absolute Gasteiger partial charge is 0.508 e. The molecule has 0 radical (unpaired) electrons. The molecule has 3 nitrogen and oxygen atoms in total. The molecule has 154 valence electrons. The maximum absolute atomic E-state index is 9.77. The number of phenolic OH excluding ortho intramolecular Hbond substituents is 1. The molecule has 1 heterocycles. The van der Waals surface area contributed by atoms with Crippen molar-refractivity contribution in [3.05, 3.63) is 95.6 Å². The second-order valence-corrected chi connectivity index (χ2v) is 7.75. The summed E-state index contributed by atoms with van der Waals surface area (Å²) in [4.78, 5) is 0. The summed E-state index contributed by atoms with van der Waals surface area (Å²) < 4.78 is 6.01. The van der Waals surface area contributed by atoms with Gasteiger partial charge in [0, 0.05) is 6.04 Å². The maximum atomic E-state index is 9.77. The van der Waals surface area contributed by atoms with Crippen molar-refractivity contribution in [3.8, 4) is 11.5 Å². The van der Waals surface area contributed by atoms with Gasteiger partial charge in [0.25, 0.3) is 0 Å². The first-order valence-corrected chi connectivity index (χ1v) is 10.8. The molecule has 1 atom stereocenters. The lowest BCUT2D eigenvalue weighted by Gasteiger charge is -2.17. The zero-order valence-electron chi connectivity index (χ0n) is 17.5. The van der Waals surface area contributed by atoms with E-state index in [4.69, 9.17) is 4.74 Å². The van der Waals surface area contributed by atoms with Gasteiger partial charge >= 0.3 is 0 Å². The van der Waals surface area contributed by atoms with E-state index >= 15 is 0 Å². The van der Waals surface area contributed by atoms with E-state index in [9.17, 15) is 5.11 Å². The van der Waals surface area contributed by atoms with Gasteiger partial charge in [-0.05, 0) is 77.9 Å². The van der Waals surface area contributed by atoms with Gasteiger partial charge < -0.3 is 15.2 Å². The van der Waals surface area contributed by atoms with Crippen molar-refractivity contribution in [2.75, 3.05) is 13.2 Å². The molecule has 0 aromatic heterocycles. The first-order chi connectivity index (χ1) is 14.7. The van der Waals surface area contributed by atoms with Crippen molar-refractivity contribution in [2.45, 2.75) is 32.2 Å². The van der Waals surface area contributed by atoms with E-state index in [1.165, 1.54) is 29.6 Å². The smallest absolute Gasteiger partial charge is 0.119 e. The monoisotopic (exact) mass is 399 g/mol. The first-order valence-electron chi connectivity index (χ1n) is 10.8. The van der Waals surface area contributed by atoms with Crippen molar-refractivity contribution in [1.82, 2.24) is 5.32 Å². The van der Waals surface area contributed by atoms with Gasteiger partial charge in [0.2, 0.25) is 0 Å². The highest BCUT2D eigenvalue weighted by atomic mass is 16.5. The Balaban J connectivity index is 1.68. The van der Waals surface area contributed by atoms with Gasteiger partial charge in [-0.25, -0.2) is 0 Å². The lowest BCUT2D eigenvalue weighted by atomic mass is 9.88. The molecule has 0 bridgehead atoms. The van der Waals surface area contributed by atoms with Crippen molar-refractivity contribution in [1.29, 1.82) is 0 Å². The Morgan fingerprint density at radius 1 is 0.900 bits per heavy atom. The third-order valence-corrected chi connectivity index (χ3v) is 5.69. The summed E-state index contributed by atoms with van der Waals surface area (Å²) in [6.45, 7) is 3.99. The second-order valence-electron chi connectivity index (χ2n) is 7.75. The van der Waals surface area contributed by atoms with Crippen LogP contribution in [0.1, 0.15) is 42.9 Å². The Morgan fingerprint density at radius 2 is 1.57 bits per heavy atom. The van der Waals surface area contributed by atoms with E-state index in [1.807, 2.05) is 18.2 Å². The Labute approximate surface area is 179 Å². The standard InChI is InChI=1S/C27H29NO2/c1-2-26(20-7-4-3-5-8-20)27(21-10-14-24(29)15-11-21)22-12-16-25(17-13-22)30-19-23-9-6-18-28-23/h3-5,7-8,10-17,23,28-29H,2,6,9,18-19H2,1H3. The minimum Gasteiger partial charge on any atom is -0.508 e. The van der Waals surface area contributed by atoms with Crippen molar-refractivity contribution in [2.24, 2.45) is 0 Å². The van der Waals surface area contributed by atoms with Crippen LogP contribution in [0.2, 0.25) is 0 Å². The Morgan fingerprint density at radius 3 is 2.17 bits per heavy atom. The van der Waals surface area contributed by atoms with Crippen LogP contribution in [0.15, 0.2) is 78.9 Å². The number of ether oxygens (including phenoxy) is 1. The number of benzene rings is 3. The van der Waals surface area contributed by atoms with Crippen molar-refractivity contribution in [3.63, 3.8) is 0 Å². The number of hydrogen-bond donors (Lipinski definition) is 2. The molecule has 30 heavy (non-hydrogen) atoms. The molecule has 4 rings (SSSR count). The Bertz CT molecular complexity index is 970. The molecule has 0 saturated carbocycles. The van der Waals surface area contributed by atoms with Crippen LogP contribution in [0.3, 0.4) is 0 Å². The fourth-order valence-corrected chi connectivity index (χ4v) is 4.12. The van der Waals surface area contributed by atoms with Gasteiger partial charge in [-0.1, -0.05) is 61.5 Å². The maximum Gasteiger partial charge on any atom is 0.119 e. The van der Waals surface area contributed by atoms with Crippen molar-refractivity contribution < 1.29 is 9.84 Å². The van der Waals surface area contributed by atoms with Crippen LogP contribution in [0.5, 0.6) is 11.5 Å². The van der Waals surface area contributed by atoms with Crippen LogP contribution >= 0.6 is 0 Å². The molecule has 1 unspecified atom stereocenters. The highest BCUT2D eigenvalue weighted by molar-refractivity contribution is 5.98. The lowest BCUT2D eigenvalue weighted by Crippen LogP contribution is -2.28. The normalized spacial score (nSPS) is 16.9. The molecule has 2 N–H and O–H groups in total.